The number of nitrogens with zero attached hydrogens (tertiary/aromatic N) is 3. The molecule has 0 atom stereocenters. The van der Waals surface area contributed by atoms with Crippen molar-refractivity contribution in [1.29, 1.82) is 0 Å². The van der Waals surface area contributed by atoms with E-state index in [2.05, 4.69) is 6.92 Å². The molecule has 0 aromatic heterocycles. The monoisotopic (exact) mass is 385 g/mol. The number of piperidine rings is 1. The molecule has 1 heterocycles. The first-order chi connectivity index (χ1) is 12.1. The molecular weight excluding hydrogens is 362 g/mol. The van der Waals surface area contributed by atoms with Gasteiger partial charge in [-0.3, -0.25) is 19.2 Å². The third-order valence-corrected chi connectivity index (χ3v) is 5.58. The lowest BCUT2D eigenvalue weighted by Gasteiger charge is -2.32. The molecule has 0 spiro atoms. The standard InChI is InChI=1S/C16H23N3O6S/c1-12-6-8-17(9-7-12)16(20)11-18(26(3,23)24)14-10-13(19(21)22)4-5-15(14)25-2/h4-5,10,12H,6-9,11H2,1-3H3. The summed E-state index contributed by atoms with van der Waals surface area (Å²) in [6, 6.07) is 3.64. The van der Waals surface area contributed by atoms with Crippen molar-refractivity contribution in [3.8, 4) is 5.75 Å². The number of benzene rings is 1. The van der Waals surface area contributed by atoms with Gasteiger partial charge < -0.3 is 9.64 Å². The van der Waals surface area contributed by atoms with E-state index in [0.717, 1.165) is 29.5 Å². The maximum Gasteiger partial charge on any atom is 0.271 e. The summed E-state index contributed by atoms with van der Waals surface area (Å²) >= 11 is 0. The number of hydrogen-bond acceptors (Lipinski definition) is 6. The highest BCUT2D eigenvalue weighted by atomic mass is 32.2. The first kappa shape index (κ1) is 20.0. The summed E-state index contributed by atoms with van der Waals surface area (Å²) in [6.45, 7) is 2.83. The lowest BCUT2D eigenvalue weighted by Crippen LogP contribution is -2.45. The van der Waals surface area contributed by atoms with E-state index >= 15 is 0 Å². The summed E-state index contributed by atoms with van der Waals surface area (Å²) in [5.74, 6) is 0.332. The van der Waals surface area contributed by atoms with Gasteiger partial charge in [-0.1, -0.05) is 6.92 Å². The quantitative estimate of drug-likeness (QED) is 0.544. The predicted molar refractivity (Wildman–Crippen MR) is 96.8 cm³/mol. The average molecular weight is 385 g/mol. The van der Waals surface area contributed by atoms with Crippen LogP contribution >= 0.6 is 0 Å². The number of non-ortho nitro benzene ring substituents is 1. The van der Waals surface area contributed by atoms with Crippen LogP contribution in [0.15, 0.2) is 18.2 Å². The second kappa shape index (κ2) is 7.90. The molecule has 1 fully saturated rings. The molecule has 0 bridgehead atoms. The third kappa shape index (κ3) is 4.63. The fourth-order valence-electron chi connectivity index (χ4n) is 2.85. The van der Waals surface area contributed by atoms with Gasteiger partial charge >= 0.3 is 0 Å². The first-order valence-corrected chi connectivity index (χ1v) is 10.1. The lowest BCUT2D eigenvalue weighted by atomic mass is 9.99. The molecule has 1 aromatic rings. The van der Waals surface area contributed by atoms with Crippen LogP contribution in [0.25, 0.3) is 0 Å². The summed E-state index contributed by atoms with van der Waals surface area (Å²) in [5, 5.41) is 11.0. The largest absolute Gasteiger partial charge is 0.495 e. The molecular formula is C16H23N3O6S. The number of nitro benzene ring substituents is 1. The van der Waals surface area contributed by atoms with Crippen LogP contribution in [0.5, 0.6) is 5.75 Å². The van der Waals surface area contributed by atoms with Crippen LogP contribution in [0, 0.1) is 16.0 Å². The van der Waals surface area contributed by atoms with E-state index in [9.17, 15) is 23.3 Å². The van der Waals surface area contributed by atoms with E-state index in [1.165, 1.54) is 19.2 Å². The topological polar surface area (TPSA) is 110 Å². The summed E-state index contributed by atoms with van der Waals surface area (Å²) in [6.07, 6.45) is 2.69. The molecule has 0 unspecified atom stereocenters. The van der Waals surface area contributed by atoms with Crippen LogP contribution in [-0.4, -0.2) is 57.1 Å². The molecule has 1 saturated heterocycles. The Bertz CT molecular complexity index is 787. The summed E-state index contributed by atoms with van der Waals surface area (Å²) < 4.78 is 30.6. The zero-order chi connectivity index (χ0) is 19.5. The molecule has 0 saturated carbocycles. The Labute approximate surface area is 152 Å². The van der Waals surface area contributed by atoms with Gasteiger partial charge in [-0.05, 0) is 24.8 Å². The SMILES string of the molecule is COc1ccc([N+](=O)[O-])cc1N(CC(=O)N1CCC(C)CC1)S(C)(=O)=O. The number of rotatable bonds is 6. The highest BCUT2D eigenvalue weighted by molar-refractivity contribution is 7.92. The van der Waals surface area contributed by atoms with Gasteiger partial charge in [0.05, 0.1) is 18.3 Å². The Morgan fingerprint density at radius 2 is 2.00 bits per heavy atom. The number of sulfonamides is 1. The van der Waals surface area contributed by atoms with Crippen LogP contribution in [-0.2, 0) is 14.8 Å². The second-order valence-corrected chi connectivity index (χ2v) is 8.35. The maximum absolute atomic E-state index is 12.6. The van der Waals surface area contributed by atoms with E-state index in [1.807, 2.05) is 0 Å². The van der Waals surface area contributed by atoms with Gasteiger partial charge in [0.1, 0.15) is 18.0 Å². The number of anilines is 1. The fourth-order valence-corrected chi connectivity index (χ4v) is 3.69. The van der Waals surface area contributed by atoms with Gasteiger partial charge in [-0.25, -0.2) is 8.42 Å². The predicted octanol–water partition coefficient (Wildman–Crippen LogP) is 1.63. The molecule has 1 aliphatic rings. The Balaban J connectivity index is 2.35. The van der Waals surface area contributed by atoms with Crippen molar-refractivity contribution in [3.05, 3.63) is 28.3 Å². The van der Waals surface area contributed by atoms with Gasteiger partial charge in [0.15, 0.2) is 0 Å². The molecule has 2 rings (SSSR count). The van der Waals surface area contributed by atoms with Crippen LogP contribution in [0.1, 0.15) is 19.8 Å². The minimum atomic E-state index is -3.85. The molecule has 9 nitrogen and oxygen atoms in total. The highest BCUT2D eigenvalue weighted by Gasteiger charge is 2.29. The smallest absolute Gasteiger partial charge is 0.271 e. The highest BCUT2D eigenvalue weighted by Crippen LogP contribution is 2.33. The zero-order valence-corrected chi connectivity index (χ0v) is 15.9. The molecule has 0 radical (unpaired) electrons. The molecule has 1 amide bonds. The van der Waals surface area contributed by atoms with Crippen LogP contribution < -0.4 is 9.04 Å². The molecule has 0 N–H and O–H groups in total. The number of carbonyl (C=O) groups is 1. The van der Waals surface area contributed by atoms with Crippen LogP contribution in [0.4, 0.5) is 11.4 Å². The van der Waals surface area contributed by atoms with Crippen LogP contribution in [0.3, 0.4) is 0 Å². The normalized spacial score (nSPS) is 15.6. The number of methoxy groups -OCH3 is 1. The number of amides is 1. The zero-order valence-electron chi connectivity index (χ0n) is 15.0. The van der Waals surface area contributed by atoms with Crippen molar-refractivity contribution in [2.24, 2.45) is 5.92 Å². The van der Waals surface area contributed by atoms with Gasteiger partial charge in [-0.2, -0.15) is 0 Å². The van der Waals surface area contributed by atoms with E-state index in [-0.39, 0.29) is 23.0 Å². The Hall–Kier alpha value is -2.36. The van der Waals surface area contributed by atoms with Gasteiger partial charge in [0, 0.05) is 25.2 Å². The molecule has 0 aliphatic carbocycles. The average Bonchev–Trinajstić information content (AvgIpc) is 2.58. The van der Waals surface area contributed by atoms with Crippen molar-refractivity contribution < 1.29 is 22.9 Å². The van der Waals surface area contributed by atoms with Crippen molar-refractivity contribution in [1.82, 2.24) is 4.90 Å². The number of carbonyl (C=O) groups excluding carboxylic acids is 1. The summed E-state index contributed by atoms with van der Waals surface area (Å²) in [4.78, 5) is 24.6. The molecule has 1 aromatic carbocycles. The van der Waals surface area contributed by atoms with Crippen molar-refractivity contribution in [2.45, 2.75) is 19.8 Å². The van der Waals surface area contributed by atoms with E-state index in [0.29, 0.717) is 19.0 Å². The minimum Gasteiger partial charge on any atom is -0.495 e. The fraction of sp³-hybridized carbons (Fsp3) is 0.562. The minimum absolute atomic E-state index is 0.0251. The van der Waals surface area contributed by atoms with Gasteiger partial charge in [-0.15, -0.1) is 0 Å². The molecule has 144 valence electrons. The first-order valence-electron chi connectivity index (χ1n) is 8.21. The summed E-state index contributed by atoms with van der Waals surface area (Å²) in [7, 11) is -2.52. The number of nitro groups is 1. The van der Waals surface area contributed by atoms with E-state index < -0.39 is 21.5 Å². The van der Waals surface area contributed by atoms with E-state index in [1.54, 1.807) is 4.90 Å². The second-order valence-electron chi connectivity index (χ2n) is 6.45. The lowest BCUT2D eigenvalue weighted by molar-refractivity contribution is -0.384. The Morgan fingerprint density at radius 3 is 2.50 bits per heavy atom. The Morgan fingerprint density at radius 1 is 1.38 bits per heavy atom. The van der Waals surface area contributed by atoms with Crippen LogP contribution in [0.2, 0.25) is 0 Å². The molecule has 1 aliphatic heterocycles. The Kier molecular flexibility index (Phi) is 6.06. The number of likely N-dealkylation sites (tertiary alicyclic amines) is 1. The summed E-state index contributed by atoms with van der Waals surface area (Å²) in [5.41, 5.74) is -0.309. The van der Waals surface area contributed by atoms with Crippen molar-refractivity contribution >= 4 is 27.3 Å². The number of hydrogen-bond donors (Lipinski definition) is 0. The third-order valence-electron chi connectivity index (χ3n) is 4.46. The number of ether oxygens (including phenoxy) is 1. The van der Waals surface area contributed by atoms with Gasteiger partial charge in [0.25, 0.3) is 5.69 Å². The van der Waals surface area contributed by atoms with Crippen molar-refractivity contribution in [3.63, 3.8) is 0 Å². The van der Waals surface area contributed by atoms with Gasteiger partial charge in [0.2, 0.25) is 15.9 Å². The molecule has 26 heavy (non-hydrogen) atoms. The van der Waals surface area contributed by atoms with Crippen molar-refractivity contribution in [2.75, 3.05) is 37.3 Å². The molecule has 10 heteroatoms. The van der Waals surface area contributed by atoms with E-state index in [4.69, 9.17) is 4.74 Å². The maximum atomic E-state index is 12.6.